The summed E-state index contributed by atoms with van der Waals surface area (Å²) < 4.78 is 1.53. The normalized spacial score (nSPS) is 14.1. The van der Waals surface area contributed by atoms with E-state index < -0.39 is 0 Å². The molecule has 0 aromatic carbocycles. The van der Waals surface area contributed by atoms with Crippen molar-refractivity contribution in [1.29, 1.82) is 0 Å². The molecule has 0 aliphatic heterocycles. The van der Waals surface area contributed by atoms with E-state index in [2.05, 4.69) is 31.7 Å². The predicted molar refractivity (Wildman–Crippen MR) is 77.6 cm³/mol. The largest absolute Gasteiger partial charge is 0.394 e. The van der Waals surface area contributed by atoms with Crippen LogP contribution in [0.15, 0.2) is 15.5 Å². The van der Waals surface area contributed by atoms with Gasteiger partial charge in [0, 0.05) is 19.0 Å². The highest BCUT2D eigenvalue weighted by molar-refractivity contribution is 9.10. The predicted octanol–water partition coefficient (Wildman–Crippen LogP) is 0.0787. The van der Waals surface area contributed by atoms with Crippen LogP contribution in [0.25, 0.3) is 0 Å². The number of halogens is 1. The lowest BCUT2D eigenvalue weighted by atomic mass is 10.3. The second-order valence-electron chi connectivity index (χ2n) is 4.64. The Kier molecular flexibility index (Phi) is 5.13. The number of hydrogen-bond acceptors (Lipinski definition) is 5. The van der Waals surface area contributed by atoms with Crippen molar-refractivity contribution in [1.82, 2.24) is 15.1 Å². The SMILES string of the molecule is O=C(CCNc1cnn(CCO)c(=O)c1Br)NC1CC1. The third-order valence-corrected chi connectivity index (χ3v) is 3.67. The molecule has 110 valence electrons. The van der Waals surface area contributed by atoms with Gasteiger partial charge in [-0.1, -0.05) is 0 Å². The quantitative estimate of drug-likeness (QED) is 0.650. The fourth-order valence-electron chi connectivity index (χ4n) is 1.68. The number of aromatic nitrogens is 2. The summed E-state index contributed by atoms with van der Waals surface area (Å²) in [5.74, 6) is 0.0118. The summed E-state index contributed by atoms with van der Waals surface area (Å²) in [4.78, 5) is 23.4. The van der Waals surface area contributed by atoms with Crippen molar-refractivity contribution in [3.63, 3.8) is 0 Å². The lowest BCUT2D eigenvalue weighted by molar-refractivity contribution is -0.120. The first-order valence-corrected chi connectivity index (χ1v) is 7.31. The van der Waals surface area contributed by atoms with Gasteiger partial charge in [-0.2, -0.15) is 5.10 Å². The molecule has 0 saturated heterocycles. The summed E-state index contributed by atoms with van der Waals surface area (Å²) in [7, 11) is 0. The molecule has 1 aromatic rings. The minimum Gasteiger partial charge on any atom is -0.394 e. The topological polar surface area (TPSA) is 96.2 Å². The smallest absolute Gasteiger partial charge is 0.283 e. The van der Waals surface area contributed by atoms with Crippen LogP contribution in [0.4, 0.5) is 5.69 Å². The van der Waals surface area contributed by atoms with E-state index >= 15 is 0 Å². The van der Waals surface area contributed by atoms with Crippen molar-refractivity contribution < 1.29 is 9.90 Å². The first kappa shape index (κ1) is 15.0. The summed E-state index contributed by atoms with van der Waals surface area (Å²) in [6, 6.07) is 0.360. The molecule has 7 nitrogen and oxygen atoms in total. The first-order valence-electron chi connectivity index (χ1n) is 6.51. The minimum absolute atomic E-state index is 0.0118. The molecule has 0 atom stereocenters. The van der Waals surface area contributed by atoms with Gasteiger partial charge in [0.2, 0.25) is 5.91 Å². The number of nitrogens with zero attached hydrogens (tertiary/aromatic N) is 2. The van der Waals surface area contributed by atoms with Gasteiger partial charge in [0.05, 0.1) is 25.0 Å². The third kappa shape index (κ3) is 4.04. The highest BCUT2D eigenvalue weighted by Gasteiger charge is 2.22. The molecular formula is C12H17BrN4O3. The van der Waals surface area contributed by atoms with E-state index in [9.17, 15) is 9.59 Å². The molecule has 2 rings (SSSR count). The molecule has 1 amide bonds. The number of hydrogen-bond donors (Lipinski definition) is 3. The van der Waals surface area contributed by atoms with Gasteiger partial charge in [-0.3, -0.25) is 9.59 Å². The van der Waals surface area contributed by atoms with Crippen LogP contribution in [-0.4, -0.2) is 40.0 Å². The fourth-order valence-corrected chi connectivity index (χ4v) is 2.13. The molecule has 0 unspecified atom stereocenters. The maximum atomic E-state index is 11.9. The zero-order valence-electron chi connectivity index (χ0n) is 10.9. The van der Waals surface area contributed by atoms with Crippen LogP contribution in [-0.2, 0) is 11.3 Å². The van der Waals surface area contributed by atoms with Crippen LogP contribution in [0.2, 0.25) is 0 Å². The molecule has 0 bridgehead atoms. The minimum atomic E-state index is -0.313. The summed E-state index contributed by atoms with van der Waals surface area (Å²) in [6.07, 6.45) is 3.98. The van der Waals surface area contributed by atoms with Crippen LogP contribution in [0.5, 0.6) is 0 Å². The Balaban J connectivity index is 1.87. The Bertz CT molecular complexity index is 542. The molecule has 1 fully saturated rings. The van der Waals surface area contributed by atoms with Gasteiger partial charge in [0.1, 0.15) is 4.47 Å². The number of nitrogens with one attached hydrogen (secondary N) is 2. The Morgan fingerprint density at radius 2 is 2.30 bits per heavy atom. The van der Waals surface area contributed by atoms with E-state index in [0.717, 1.165) is 12.8 Å². The molecule has 0 radical (unpaired) electrons. The first-order chi connectivity index (χ1) is 9.61. The van der Waals surface area contributed by atoms with Crippen molar-refractivity contribution in [3.05, 3.63) is 21.0 Å². The van der Waals surface area contributed by atoms with Crippen molar-refractivity contribution in [3.8, 4) is 0 Å². The fraction of sp³-hybridized carbons (Fsp3) is 0.583. The second-order valence-corrected chi connectivity index (χ2v) is 5.44. The van der Waals surface area contributed by atoms with E-state index in [1.807, 2.05) is 0 Å². The van der Waals surface area contributed by atoms with E-state index in [-0.39, 0.29) is 24.6 Å². The Labute approximate surface area is 124 Å². The average molecular weight is 345 g/mol. The highest BCUT2D eigenvalue weighted by Crippen LogP contribution is 2.19. The van der Waals surface area contributed by atoms with Crippen LogP contribution in [0.1, 0.15) is 19.3 Å². The Hall–Kier alpha value is -1.41. The Morgan fingerprint density at radius 3 is 2.95 bits per heavy atom. The molecule has 8 heteroatoms. The lowest BCUT2D eigenvalue weighted by Crippen LogP contribution is -2.28. The highest BCUT2D eigenvalue weighted by atomic mass is 79.9. The van der Waals surface area contributed by atoms with Gasteiger partial charge in [-0.15, -0.1) is 0 Å². The molecule has 1 saturated carbocycles. The average Bonchev–Trinajstić information content (AvgIpc) is 3.22. The maximum Gasteiger partial charge on any atom is 0.283 e. The monoisotopic (exact) mass is 344 g/mol. The van der Waals surface area contributed by atoms with Gasteiger partial charge in [0.25, 0.3) is 5.56 Å². The number of aliphatic hydroxyl groups excluding tert-OH is 1. The van der Waals surface area contributed by atoms with Crippen LogP contribution < -0.4 is 16.2 Å². The van der Waals surface area contributed by atoms with Gasteiger partial charge >= 0.3 is 0 Å². The molecule has 1 heterocycles. The molecular weight excluding hydrogens is 328 g/mol. The number of rotatable bonds is 7. The number of amides is 1. The van der Waals surface area contributed by atoms with Crippen molar-refractivity contribution in [2.45, 2.75) is 31.8 Å². The maximum absolute atomic E-state index is 11.9. The molecule has 1 aliphatic rings. The van der Waals surface area contributed by atoms with Crippen LogP contribution in [0, 0.1) is 0 Å². The van der Waals surface area contributed by atoms with Crippen molar-refractivity contribution in [2.75, 3.05) is 18.5 Å². The molecule has 1 aliphatic carbocycles. The van der Waals surface area contributed by atoms with E-state index in [1.165, 1.54) is 10.9 Å². The summed E-state index contributed by atoms with van der Waals surface area (Å²) in [5, 5.41) is 18.6. The van der Waals surface area contributed by atoms with Crippen LogP contribution >= 0.6 is 15.9 Å². The molecule has 20 heavy (non-hydrogen) atoms. The Morgan fingerprint density at radius 1 is 1.55 bits per heavy atom. The zero-order valence-corrected chi connectivity index (χ0v) is 12.5. The number of aliphatic hydroxyl groups is 1. The molecule has 0 spiro atoms. The summed E-state index contributed by atoms with van der Waals surface area (Å²) in [6.45, 7) is 0.442. The van der Waals surface area contributed by atoms with Gasteiger partial charge in [-0.25, -0.2) is 4.68 Å². The standard InChI is InChI=1S/C12H17BrN4O3/c13-11-9(7-15-17(5-6-18)12(11)20)14-4-3-10(19)16-8-1-2-8/h7-8,14,18H,1-6H2,(H,16,19). The summed E-state index contributed by atoms with van der Waals surface area (Å²) in [5.41, 5.74) is 0.231. The van der Waals surface area contributed by atoms with E-state index in [0.29, 0.717) is 29.2 Å². The van der Waals surface area contributed by atoms with E-state index in [4.69, 9.17) is 5.11 Å². The molecule has 1 aromatic heterocycles. The second kappa shape index (κ2) is 6.85. The van der Waals surface area contributed by atoms with Crippen molar-refractivity contribution >= 4 is 27.5 Å². The van der Waals surface area contributed by atoms with Gasteiger partial charge in [-0.05, 0) is 28.8 Å². The van der Waals surface area contributed by atoms with Crippen LogP contribution in [0.3, 0.4) is 0 Å². The zero-order chi connectivity index (χ0) is 14.5. The van der Waals surface area contributed by atoms with Crippen molar-refractivity contribution in [2.24, 2.45) is 0 Å². The number of carbonyl (C=O) groups is 1. The number of anilines is 1. The third-order valence-electron chi connectivity index (χ3n) is 2.91. The van der Waals surface area contributed by atoms with Gasteiger partial charge < -0.3 is 15.7 Å². The molecule has 3 N–H and O–H groups in total. The lowest BCUT2D eigenvalue weighted by Gasteiger charge is -2.10. The van der Waals surface area contributed by atoms with E-state index in [1.54, 1.807) is 0 Å². The number of carbonyl (C=O) groups excluding carboxylic acids is 1. The summed E-state index contributed by atoms with van der Waals surface area (Å²) >= 11 is 3.20. The van der Waals surface area contributed by atoms with Gasteiger partial charge in [0.15, 0.2) is 0 Å².